The van der Waals surface area contributed by atoms with Gasteiger partial charge in [-0.05, 0) is 34.5 Å². The molecule has 24 heavy (non-hydrogen) atoms. The van der Waals surface area contributed by atoms with Gasteiger partial charge >= 0.3 is 0 Å². The summed E-state index contributed by atoms with van der Waals surface area (Å²) in [5, 5.41) is 4.29. The van der Waals surface area contributed by atoms with Gasteiger partial charge in [0, 0.05) is 25.7 Å². The third-order valence-corrected chi connectivity index (χ3v) is 6.63. The fraction of sp³-hybridized carbons (Fsp3) is 0.375. The van der Waals surface area contributed by atoms with Crippen molar-refractivity contribution in [1.29, 1.82) is 0 Å². The molecule has 2 aromatic rings. The van der Waals surface area contributed by atoms with E-state index in [0.717, 1.165) is 18.7 Å². The van der Waals surface area contributed by atoms with Gasteiger partial charge in [0.05, 0.1) is 18.2 Å². The van der Waals surface area contributed by atoms with Gasteiger partial charge in [0.2, 0.25) is 10.0 Å². The summed E-state index contributed by atoms with van der Waals surface area (Å²) in [6.07, 6.45) is 0. The zero-order valence-electron chi connectivity index (χ0n) is 13.0. The quantitative estimate of drug-likeness (QED) is 0.829. The van der Waals surface area contributed by atoms with Crippen molar-refractivity contribution in [2.75, 3.05) is 32.8 Å². The van der Waals surface area contributed by atoms with Gasteiger partial charge in [-0.3, -0.25) is 4.90 Å². The molecule has 0 amide bonds. The first-order valence-electron chi connectivity index (χ1n) is 7.66. The fourth-order valence-electron chi connectivity index (χ4n) is 2.74. The van der Waals surface area contributed by atoms with E-state index in [4.69, 9.17) is 16.3 Å². The number of nitrogens with zero attached hydrogens (tertiary/aromatic N) is 1. The Morgan fingerprint density at radius 1 is 1.25 bits per heavy atom. The molecule has 0 spiro atoms. The second-order valence-electron chi connectivity index (χ2n) is 5.50. The lowest BCUT2D eigenvalue weighted by molar-refractivity contribution is 0.0173. The molecule has 130 valence electrons. The van der Waals surface area contributed by atoms with E-state index in [9.17, 15) is 8.42 Å². The Bertz CT molecular complexity index is 759. The maximum Gasteiger partial charge on any atom is 0.242 e. The highest BCUT2D eigenvalue weighted by Gasteiger charge is 2.26. The Labute approximate surface area is 151 Å². The average molecular weight is 387 g/mol. The zero-order valence-corrected chi connectivity index (χ0v) is 15.4. The molecule has 1 atom stereocenters. The third-order valence-electron chi connectivity index (χ3n) is 4.01. The summed E-state index contributed by atoms with van der Waals surface area (Å²) in [5.74, 6) is 0. The lowest BCUT2D eigenvalue weighted by atomic mass is 10.1. The molecule has 2 heterocycles. The molecule has 1 N–H and O–H groups in total. The van der Waals surface area contributed by atoms with E-state index in [2.05, 4.69) is 15.0 Å². The molecule has 1 aliphatic heterocycles. The molecule has 1 fully saturated rings. The monoisotopic (exact) mass is 386 g/mol. The first-order chi connectivity index (χ1) is 11.6. The van der Waals surface area contributed by atoms with Crippen LogP contribution in [0.4, 0.5) is 0 Å². The number of morpholine rings is 1. The van der Waals surface area contributed by atoms with Crippen LogP contribution in [0.15, 0.2) is 46.0 Å². The molecule has 5 nitrogen and oxygen atoms in total. The van der Waals surface area contributed by atoms with E-state index in [1.54, 1.807) is 29.5 Å². The molecule has 0 saturated carbocycles. The molecule has 1 aromatic heterocycles. The molecule has 3 rings (SSSR count). The smallest absolute Gasteiger partial charge is 0.242 e. The number of thiophene rings is 1. The standard InChI is InChI=1S/C16H19ClN2O3S2/c17-14-3-1-2-4-16(14)24(20,21)18-11-15(13-5-10-23-12-13)19-6-8-22-9-7-19/h1-5,10,12,15,18H,6-9,11H2/t15-/m0/s1. The van der Waals surface area contributed by atoms with E-state index >= 15 is 0 Å². The van der Waals surface area contributed by atoms with Gasteiger partial charge in [0.15, 0.2) is 0 Å². The van der Waals surface area contributed by atoms with Crippen LogP contribution in [0.1, 0.15) is 11.6 Å². The maximum atomic E-state index is 12.6. The number of hydrogen-bond acceptors (Lipinski definition) is 5. The minimum absolute atomic E-state index is 0.0163. The molecule has 0 unspecified atom stereocenters. The highest BCUT2D eigenvalue weighted by Crippen LogP contribution is 2.25. The Kier molecular flexibility index (Phi) is 5.91. The number of ether oxygens (including phenoxy) is 1. The van der Waals surface area contributed by atoms with Gasteiger partial charge in [0.25, 0.3) is 0 Å². The summed E-state index contributed by atoms with van der Waals surface area (Å²) >= 11 is 7.64. The van der Waals surface area contributed by atoms with Crippen LogP contribution in [0.5, 0.6) is 0 Å². The van der Waals surface area contributed by atoms with Crippen molar-refractivity contribution >= 4 is 33.0 Å². The SMILES string of the molecule is O=S(=O)(NC[C@@H](c1ccsc1)N1CCOCC1)c1ccccc1Cl. The highest BCUT2D eigenvalue weighted by atomic mass is 35.5. The first-order valence-corrected chi connectivity index (χ1v) is 10.5. The predicted octanol–water partition coefficient (Wildman–Crippen LogP) is 2.75. The summed E-state index contributed by atoms with van der Waals surface area (Å²) in [6.45, 7) is 3.20. The number of sulfonamides is 1. The maximum absolute atomic E-state index is 12.6. The number of halogens is 1. The van der Waals surface area contributed by atoms with Crippen LogP contribution in [-0.4, -0.2) is 46.2 Å². The summed E-state index contributed by atoms with van der Waals surface area (Å²) in [6, 6.07) is 8.49. The van der Waals surface area contributed by atoms with Gasteiger partial charge in [0.1, 0.15) is 4.90 Å². The van der Waals surface area contributed by atoms with Gasteiger partial charge < -0.3 is 4.74 Å². The van der Waals surface area contributed by atoms with Crippen molar-refractivity contribution in [3.8, 4) is 0 Å². The Hall–Kier alpha value is -0.960. The predicted molar refractivity (Wildman–Crippen MR) is 96.1 cm³/mol. The van der Waals surface area contributed by atoms with Crippen LogP contribution in [0.3, 0.4) is 0 Å². The van der Waals surface area contributed by atoms with Crippen LogP contribution in [-0.2, 0) is 14.8 Å². The topological polar surface area (TPSA) is 58.6 Å². The van der Waals surface area contributed by atoms with Crippen LogP contribution in [0.25, 0.3) is 0 Å². The second-order valence-corrected chi connectivity index (χ2v) is 8.43. The van der Waals surface area contributed by atoms with Crippen molar-refractivity contribution in [1.82, 2.24) is 9.62 Å². The number of rotatable bonds is 6. The van der Waals surface area contributed by atoms with Gasteiger partial charge in [-0.2, -0.15) is 11.3 Å². The minimum Gasteiger partial charge on any atom is -0.379 e. The number of benzene rings is 1. The Morgan fingerprint density at radius 2 is 2.00 bits per heavy atom. The van der Waals surface area contributed by atoms with E-state index in [1.165, 1.54) is 6.07 Å². The normalized spacial score (nSPS) is 17.7. The summed E-state index contributed by atoms with van der Waals surface area (Å²) in [4.78, 5) is 2.36. The van der Waals surface area contributed by atoms with Gasteiger partial charge in [-0.25, -0.2) is 13.1 Å². The molecule has 0 bridgehead atoms. The zero-order chi connectivity index (χ0) is 17.0. The van der Waals surface area contributed by atoms with Crippen molar-refractivity contribution in [3.63, 3.8) is 0 Å². The van der Waals surface area contributed by atoms with Crippen LogP contribution >= 0.6 is 22.9 Å². The number of hydrogen-bond donors (Lipinski definition) is 1. The van der Waals surface area contributed by atoms with Crippen LogP contribution < -0.4 is 4.72 Å². The van der Waals surface area contributed by atoms with E-state index in [1.807, 2.05) is 11.4 Å². The summed E-state index contributed by atoms with van der Waals surface area (Å²) in [7, 11) is -3.65. The molecule has 1 aromatic carbocycles. The molecular formula is C16H19ClN2O3S2. The Morgan fingerprint density at radius 3 is 2.67 bits per heavy atom. The van der Waals surface area contributed by atoms with Crippen molar-refractivity contribution in [2.24, 2.45) is 0 Å². The molecule has 1 saturated heterocycles. The van der Waals surface area contributed by atoms with Crippen LogP contribution in [0.2, 0.25) is 5.02 Å². The highest BCUT2D eigenvalue weighted by molar-refractivity contribution is 7.89. The molecule has 1 aliphatic rings. The van der Waals surface area contributed by atoms with Crippen molar-refractivity contribution in [2.45, 2.75) is 10.9 Å². The first kappa shape index (κ1) is 17.8. The molecule has 0 aliphatic carbocycles. The number of nitrogens with one attached hydrogen (secondary N) is 1. The summed E-state index contributed by atoms with van der Waals surface area (Å²) in [5.41, 5.74) is 1.11. The molecular weight excluding hydrogens is 368 g/mol. The summed E-state index contributed by atoms with van der Waals surface area (Å²) < 4.78 is 33.3. The minimum atomic E-state index is -3.65. The van der Waals surface area contributed by atoms with Crippen molar-refractivity contribution < 1.29 is 13.2 Å². The lowest BCUT2D eigenvalue weighted by Gasteiger charge is -2.34. The van der Waals surface area contributed by atoms with Gasteiger partial charge in [-0.15, -0.1) is 0 Å². The van der Waals surface area contributed by atoms with Crippen LogP contribution in [0, 0.1) is 0 Å². The fourth-order valence-corrected chi connectivity index (χ4v) is 5.00. The van der Waals surface area contributed by atoms with E-state index in [-0.39, 0.29) is 16.0 Å². The lowest BCUT2D eigenvalue weighted by Crippen LogP contribution is -2.43. The third kappa shape index (κ3) is 4.17. The Balaban J connectivity index is 1.77. The second kappa shape index (κ2) is 7.95. The largest absolute Gasteiger partial charge is 0.379 e. The van der Waals surface area contributed by atoms with E-state index in [0.29, 0.717) is 19.8 Å². The molecule has 0 radical (unpaired) electrons. The van der Waals surface area contributed by atoms with Crippen molar-refractivity contribution in [3.05, 3.63) is 51.7 Å². The molecule has 8 heteroatoms. The van der Waals surface area contributed by atoms with E-state index < -0.39 is 10.0 Å². The average Bonchev–Trinajstić information content (AvgIpc) is 3.10. The van der Waals surface area contributed by atoms with Gasteiger partial charge in [-0.1, -0.05) is 23.7 Å².